The highest BCUT2D eigenvalue weighted by molar-refractivity contribution is 6.00. The molecule has 0 radical (unpaired) electrons. The second kappa shape index (κ2) is 10.5. The molecular formula is C21H22F3NO4. The Morgan fingerprint density at radius 2 is 1.83 bits per heavy atom. The van der Waals surface area contributed by atoms with E-state index in [1.165, 1.54) is 12.1 Å². The zero-order valence-electron chi connectivity index (χ0n) is 15.9. The molecule has 5 nitrogen and oxygen atoms in total. The van der Waals surface area contributed by atoms with Crippen LogP contribution < -0.4 is 4.74 Å². The summed E-state index contributed by atoms with van der Waals surface area (Å²) in [6.07, 6.45) is -3.15. The van der Waals surface area contributed by atoms with E-state index < -0.39 is 17.7 Å². The standard InChI is InChI=1S/C21H22F3NO4/c1-2-4-19(16-7-9-17(10-8-16)21(22,23)24)25-29-12-11-28-18-6-3-5-15(13-18)14-20(26)27/h3,5-10,13H,2,4,11-12,14H2,1H3,(H,26,27)/b25-19+. The van der Waals surface area contributed by atoms with Crippen LogP contribution in [0.15, 0.2) is 53.7 Å². The minimum atomic E-state index is -4.38. The lowest BCUT2D eigenvalue weighted by Gasteiger charge is -2.10. The van der Waals surface area contributed by atoms with Crippen molar-refractivity contribution < 1.29 is 32.6 Å². The van der Waals surface area contributed by atoms with E-state index in [-0.39, 0.29) is 19.6 Å². The van der Waals surface area contributed by atoms with E-state index >= 15 is 0 Å². The van der Waals surface area contributed by atoms with Gasteiger partial charge in [0, 0.05) is 0 Å². The lowest BCUT2D eigenvalue weighted by molar-refractivity contribution is -0.138. The van der Waals surface area contributed by atoms with E-state index in [0.29, 0.717) is 29.0 Å². The van der Waals surface area contributed by atoms with Gasteiger partial charge in [-0.1, -0.05) is 42.8 Å². The molecule has 2 aromatic rings. The predicted octanol–water partition coefficient (Wildman–Crippen LogP) is 4.93. The summed E-state index contributed by atoms with van der Waals surface area (Å²) in [4.78, 5) is 16.0. The van der Waals surface area contributed by atoms with Crippen molar-refractivity contribution >= 4 is 11.7 Å². The maximum Gasteiger partial charge on any atom is 0.416 e. The normalized spacial score (nSPS) is 11.9. The van der Waals surface area contributed by atoms with Crippen LogP contribution in [0, 0.1) is 0 Å². The van der Waals surface area contributed by atoms with Crippen LogP contribution in [0.25, 0.3) is 0 Å². The highest BCUT2D eigenvalue weighted by Crippen LogP contribution is 2.29. The SMILES string of the molecule is CCC/C(=N\OCCOc1cccc(CC(=O)O)c1)c1ccc(C(F)(F)F)cc1. The number of halogens is 3. The molecule has 2 aromatic carbocycles. The third kappa shape index (κ3) is 7.48. The van der Waals surface area contributed by atoms with Crippen molar-refractivity contribution in [2.45, 2.75) is 32.4 Å². The van der Waals surface area contributed by atoms with Crippen molar-refractivity contribution in [3.05, 3.63) is 65.2 Å². The molecule has 29 heavy (non-hydrogen) atoms. The number of rotatable bonds is 10. The number of oxime groups is 1. The number of aliphatic carboxylic acids is 1. The van der Waals surface area contributed by atoms with E-state index in [9.17, 15) is 18.0 Å². The quantitative estimate of drug-likeness (QED) is 0.343. The second-order valence-electron chi connectivity index (χ2n) is 6.26. The van der Waals surface area contributed by atoms with Gasteiger partial charge in [0.25, 0.3) is 0 Å². The summed E-state index contributed by atoms with van der Waals surface area (Å²) in [6, 6.07) is 11.6. The molecule has 0 saturated heterocycles. The molecule has 0 amide bonds. The van der Waals surface area contributed by atoms with Crippen molar-refractivity contribution in [2.24, 2.45) is 5.16 Å². The van der Waals surface area contributed by atoms with Gasteiger partial charge in [-0.05, 0) is 41.8 Å². The molecule has 0 aromatic heterocycles. The number of alkyl halides is 3. The molecule has 0 aliphatic heterocycles. The van der Waals surface area contributed by atoms with Crippen LogP contribution >= 0.6 is 0 Å². The minimum absolute atomic E-state index is 0.0918. The molecule has 0 spiro atoms. The molecule has 0 fully saturated rings. The first-order chi connectivity index (χ1) is 13.8. The number of benzene rings is 2. The Hall–Kier alpha value is -3.03. The molecule has 0 bridgehead atoms. The number of carboxylic acid groups (broad SMARTS) is 1. The molecule has 1 N–H and O–H groups in total. The summed E-state index contributed by atoms with van der Waals surface area (Å²) >= 11 is 0. The number of carboxylic acids is 1. The van der Waals surface area contributed by atoms with Crippen molar-refractivity contribution in [1.29, 1.82) is 0 Å². The third-order valence-corrected chi connectivity index (χ3v) is 3.90. The Morgan fingerprint density at radius 3 is 2.45 bits per heavy atom. The third-order valence-electron chi connectivity index (χ3n) is 3.90. The number of hydrogen-bond donors (Lipinski definition) is 1. The summed E-state index contributed by atoms with van der Waals surface area (Å²) in [7, 11) is 0. The van der Waals surface area contributed by atoms with Crippen molar-refractivity contribution in [3.63, 3.8) is 0 Å². The smallest absolute Gasteiger partial charge is 0.416 e. The fourth-order valence-electron chi connectivity index (χ4n) is 2.57. The second-order valence-corrected chi connectivity index (χ2v) is 6.26. The number of hydrogen-bond acceptors (Lipinski definition) is 4. The van der Waals surface area contributed by atoms with Gasteiger partial charge in [-0.25, -0.2) is 0 Å². The van der Waals surface area contributed by atoms with Crippen LogP contribution in [0.3, 0.4) is 0 Å². The average Bonchev–Trinajstić information content (AvgIpc) is 2.66. The fourth-order valence-corrected chi connectivity index (χ4v) is 2.57. The Bertz CT molecular complexity index is 833. The first-order valence-electron chi connectivity index (χ1n) is 9.09. The van der Waals surface area contributed by atoms with Crippen LogP contribution in [0.5, 0.6) is 5.75 Å². The summed E-state index contributed by atoms with van der Waals surface area (Å²) in [6.45, 7) is 2.26. The van der Waals surface area contributed by atoms with Crippen LogP contribution in [0.2, 0.25) is 0 Å². The Kier molecular flexibility index (Phi) is 8.06. The lowest BCUT2D eigenvalue weighted by atomic mass is 10.0. The molecule has 0 saturated carbocycles. The van der Waals surface area contributed by atoms with Gasteiger partial charge in [0.15, 0.2) is 6.61 Å². The molecule has 0 aliphatic rings. The molecular weight excluding hydrogens is 387 g/mol. The van der Waals surface area contributed by atoms with Crippen molar-refractivity contribution in [1.82, 2.24) is 0 Å². The molecule has 0 heterocycles. The van der Waals surface area contributed by atoms with Crippen LogP contribution in [-0.4, -0.2) is 30.0 Å². The largest absolute Gasteiger partial charge is 0.490 e. The Morgan fingerprint density at radius 1 is 1.10 bits per heavy atom. The number of carbonyl (C=O) groups is 1. The maximum atomic E-state index is 12.7. The lowest BCUT2D eigenvalue weighted by Crippen LogP contribution is -2.09. The zero-order chi connectivity index (χ0) is 21.3. The van der Waals surface area contributed by atoms with Gasteiger partial charge >= 0.3 is 12.1 Å². The van der Waals surface area contributed by atoms with E-state index in [1.807, 2.05) is 6.92 Å². The summed E-state index contributed by atoms with van der Waals surface area (Å²) in [5.74, 6) is -0.403. The summed E-state index contributed by atoms with van der Waals surface area (Å²) < 4.78 is 43.6. The van der Waals surface area contributed by atoms with E-state index in [4.69, 9.17) is 14.7 Å². The molecule has 156 valence electrons. The minimum Gasteiger partial charge on any atom is -0.490 e. The van der Waals surface area contributed by atoms with Crippen LogP contribution in [-0.2, 0) is 22.2 Å². The van der Waals surface area contributed by atoms with Gasteiger partial charge in [-0.3, -0.25) is 4.79 Å². The number of nitrogens with zero attached hydrogens (tertiary/aromatic N) is 1. The molecule has 8 heteroatoms. The first kappa shape index (κ1) is 22.3. The van der Waals surface area contributed by atoms with E-state index in [2.05, 4.69) is 5.16 Å². The Balaban J connectivity index is 1.90. The van der Waals surface area contributed by atoms with Crippen molar-refractivity contribution in [2.75, 3.05) is 13.2 Å². The highest BCUT2D eigenvalue weighted by Gasteiger charge is 2.30. The van der Waals surface area contributed by atoms with Crippen molar-refractivity contribution in [3.8, 4) is 5.75 Å². The summed E-state index contributed by atoms with van der Waals surface area (Å²) in [5, 5.41) is 12.9. The predicted molar refractivity (Wildman–Crippen MR) is 102 cm³/mol. The number of ether oxygens (including phenoxy) is 1. The Labute approximate surface area is 166 Å². The van der Waals surface area contributed by atoms with E-state index in [0.717, 1.165) is 18.6 Å². The van der Waals surface area contributed by atoms with Gasteiger partial charge in [-0.15, -0.1) is 0 Å². The van der Waals surface area contributed by atoms with Gasteiger partial charge < -0.3 is 14.7 Å². The first-order valence-corrected chi connectivity index (χ1v) is 9.09. The monoisotopic (exact) mass is 409 g/mol. The summed E-state index contributed by atoms with van der Waals surface area (Å²) in [5.41, 5.74) is 1.05. The van der Waals surface area contributed by atoms with E-state index in [1.54, 1.807) is 24.3 Å². The molecule has 0 atom stereocenters. The fraction of sp³-hybridized carbons (Fsp3) is 0.333. The molecule has 0 aliphatic carbocycles. The van der Waals surface area contributed by atoms with Gasteiger partial charge in [0.05, 0.1) is 17.7 Å². The van der Waals surface area contributed by atoms with Crippen LogP contribution in [0.1, 0.15) is 36.5 Å². The average molecular weight is 409 g/mol. The van der Waals surface area contributed by atoms with Gasteiger partial charge in [0.1, 0.15) is 12.4 Å². The van der Waals surface area contributed by atoms with Crippen LogP contribution in [0.4, 0.5) is 13.2 Å². The zero-order valence-corrected chi connectivity index (χ0v) is 15.9. The maximum absolute atomic E-state index is 12.7. The van der Waals surface area contributed by atoms with Gasteiger partial charge in [0.2, 0.25) is 0 Å². The topological polar surface area (TPSA) is 68.1 Å². The molecule has 2 rings (SSSR count). The molecule has 0 unspecified atom stereocenters. The highest BCUT2D eigenvalue weighted by atomic mass is 19.4. The van der Waals surface area contributed by atoms with Gasteiger partial charge in [-0.2, -0.15) is 13.2 Å².